The Bertz CT molecular complexity index is 820. The van der Waals surface area contributed by atoms with Crippen LogP contribution in [0.15, 0.2) is 45.4 Å². The van der Waals surface area contributed by atoms with Gasteiger partial charge in [0.25, 0.3) is 5.89 Å². The monoisotopic (exact) mass is 351 g/mol. The third-order valence-electron chi connectivity index (χ3n) is 2.85. The van der Waals surface area contributed by atoms with E-state index >= 15 is 0 Å². The first kappa shape index (κ1) is 13.7. The van der Waals surface area contributed by atoms with Crippen LogP contribution in [0.1, 0.15) is 0 Å². The average molecular weight is 352 g/mol. The van der Waals surface area contributed by atoms with Crippen LogP contribution >= 0.6 is 15.9 Å². The first-order valence-corrected chi connectivity index (χ1v) is 6.68. The van der Waals surface area contributed by atoms with Crippen molar-refractivity contribution in [1.29, 1.82) is 0 Å². The molecule has 21 heavy (non-hydrogen) atoms. The van der Waals surface area contributed by atoms with Gasteiger partial charge in [-0.25, -0.2) is 8.78 Å². The molecular formula is C14H8BrF2N3O. The third-order valence-corrected chi connectivity index (χ3v) is 3.50. The molecule has 2 N–H and O–H groups in total. The number of aromatic nitrogens is 2. The number of hydrogen-bond donors (Lipinski definition) is 1. The highest BCUT2D eigenvalue weighted by Crippen LogP contribution is 2.29. The average Bonchev–Trinajstić information content (AvgIpc) is 2.91. The lowest BCUT2D eigenvalue weighted by Crippen LogP contribution is -1.90. The summed E-state index contributed by atoms with van der Waals surface area (Å²) < 4.78 is 32.1. The second-order valence-electron chi connectivity index (χ2n) is 4.28. The Balaban J connectivity index is 2.01. The largest absolute Gasteiger partial charge is 0.396 e. The highest BCUT2D eigenvalue weighted by molar-refractivity contribution is 9.10. The molecule has 0 aliphatic carbocycles. The molecule has 0 saturated heterocycles. The molecule has 0 unspecified atom stereocenters. The SMILES string of the molecule is Nc1ccc(-c2nc(-c3ccc(F)cc3Br)no2)cc1F. The number of benzene rings is 2. The van der Waals surface area contributed by atoms with Gasteiger partial charge in [-0.2, -0.15) is 4.98 Å². The van der Waals surface area contributed by atoms with Crippen molar-refractivity contribution in [2.45, 2.75) is 0 Å². The first-order chi connectivity index (χ1) is 10.0. The van der Waals surface area contributed by atoms with Crippen LogP contribution in [0.3, 0.4) is 0 Å². The summed E-state index contributed by atoms with van der Waals surface area (Å²) >= 11 is 3.23. The second-order valence-corrected chi connectivity index (χ2v) is 5.14. The Morgan fingerprint density at radius 2 is 1.90 bits per heavy atom. The Labute approximate surface area is 126 Å². The second kappa shape index (κ2) is 5.25. The van der Waals surface area contributed by atoms with Gasteiger partial charge < -0.3 is 10.3 Å². The van der Waals surface area contributed by atoms with Gasteiger partial charge in [-0.05, 0) is 52.3 Å². The minimum Gasteiger partial charge on any atom is -0.396 e. The highest BCUT2D eigenvalue weighted by atomic mass is 79.9. The van der Waals surface area contributed by atoms with Crippen LogP contribution in [0, 0.1) is 11.6 Å². The quantitative estimate of drug-likeness (QED) is 0.708. The molecule has 3 rings (SSSR count). The number of rotatable bonds is 2. The number of halogens is 3. The van der Waals surface area contributed by atoms with E-state index in [1.54, 1.807) is 6.07 Å². The van der Waals surface area contributed by atoms with Crippen molar-refractivity contribution in [2.24, 2.45) is 0 Å². The number of nitrogens with zero attached hydrogens (tertiary/aromatic N) is 2. The zero-order valence-electron chi connectivity index (χ0n) is 10.5. The van der Waals surface area contributed by atoms with Crippen LogP contribution in [0.2, 0.25) is 0 Å². The summed E-state index contributed by atoms with van der Waals surface area (Å²) in [4.78, 5) is 4.17. The van der Waals surface area contributed by atoms with E-state index in [0.717, 1.165) is 0 Å². The van der Waals surface area contributed by atoms with E-state index < -0.39 is 5.82 Å². The molecule has 1 aromatic heterocycles. The Kier molecular flexibility index (Phi) is 3.42. The molecule has 7 heteroatoms. The van der Waals surface area contributed by atoms with Crippen LogP contribution in [0.25, 0.3) is 22.8 Å². The summed E-state index contributed by atoms with van der Waals surface area (Å²) in [5, 5.41) is 3.81. The van der Waals surface area contributed by atoms with E-state index in [0.29, 0.717) is 15.6 Å². The fraction of sp³-hybridized carbons (Fsp3) is 0. The molecule has 3 aromatic rings. The van der Waals surface area contributed by atoms with Crippen molar-refractivity contribution in [3.8, 4) is 22.8 Å². The summed E-state index contributed by atoms with van der Waals surface area (Å²) in [6.45, 7) is 0. The predicted octanol–water partition coefficient (Wildman–Crippen LogP) is 4.03. The fourth-order valence-corrected chi connectivity index (χ4v) is 2.31. The molecule has 0 bridgehead atoms. The molecule has 0 spiro atoms. The van der Waals surface area contributed by atoms with E-state index in [2.05, 4.69) is 26.1 Å². The summed E-state index contributed by atoms with van der Waals surface area (Å²) in [6.07, 6.45) is 0. The highest BCUT2D eigenvalue weighted by Gasteiger charge is 2.14. The normalized spacial score (nSPS) is 10.8. The smallest absolute Gasteiger partial charge is 0.258 e. The number of anilines is 1. The van der Waals surface area contributed by atoms with E-state index in [1.807, 2.05) is 0 Å². The van der Waals surface area contributed by atoms with Crippen molar-refractivity contribution < 1.29 is 13.3 Å². The van der Waals surface area contributed by atoms with Crippen LogP contribution in [0.5, 0.6) is 0 Å². The van der Waals surface area contributed by atoms with Gasteiger partial charge in [0, 0.05) is 15.6 Å². The number of hydrogen-bond acceptors (Lipinski definition) is 4. The van der Waals surface area contributed by atoms with Gasteiger partial charge in [0.15, 0.2) is 0 Å². The van der Waals surface area contributed by atoms with Crippen LogP contribution in [-0.2, 0) is 0 Å². The minimum atomic E-state index is -0.560. The zero-order chi connectivity index (χ0) is 15.0. The van der Waals surface area contributed by atoms with Gasteiger partial charge in [0.1, 0.15) is 11.6 Å². The Morgan fingerprint density at radius 1 is 1.10 bits per heavy atom. The molecule has 0 saturated carbocycles. The van der Waals surface area contributed by atoms with Gasteiger partial charge in [0.05, 0.1) is 5.69 Å². The number of nitrogen functional groups attached to an aromatic ring is 1. The van der Waals surface area contributed by atoms with Gasteiger partial charge in [0.2, 0.25) is 5.82 Å². The van der Waals surface area contributed by atoms with E-state index in [1.165, 1.54) is 30.3 Å². The fourth-order valence-electron chi connectivity index (χ4n) is 1.78. The van der Waals surface area contributed by atoms with Crippen molar-refractivity contribution in [3.05, 3.63) is 52.5 Å². The standard InChI is InChI=1S/C14H8BrF2N3O/c15-10-6-8(16)2-3-9(10)13-19-14(21-20-13)7-1-4-12(18)11(17)5-7/h1-6H,18H2. The van der Waals surface area contributed by atoms with Crippen LogP contribution < -0.4 is 5.73 Å². The lowest BCUT2D eigenvalue weighted by Gasteiger charge is -1.99. The lowest BCUT2D eigenvalue weighted by molar-refractivity contribution is 0.432. The van der Waals surface area contributed by atoms with Crippen molar-refractivity contribution >= 4 is 21.6 Å². The Morgan fingerprint density at radius 3 is 2.62 bits per heavy atom. The summed E-state index contributed by atoms with van der Waals surface area (Å²) in [5.74, 6) is -0.514. The molecule has 106 valence electrons. The van der Waals surface area contributed by atoms with Crippen LogP contribution in [-0.4, -0.2) is 10.1 Å². The van der Waals surface area contributed by atoms with Crippen LogP contribution in [0.4, 0.5) is 14.5 Å². The molecule has 0 fully saturated rings. The number of nitrogens with two attached hydrogens (primary N) is 1. The molecule has 0 aliphatic heterocycles. The maximum Gasteiger partial charge on any atom is 0.258 e. The molecule has 0 amide bonds. The summed E-state index contributed by atoms with van der Waals surface area (Å²) in [5.41, 5.74) is 6.44. The Hall–Kier alpha value is -2.28. The van der Waals surface area contributed by atoms with Gasteiger partial charge >= 0.3 is 0 Å². The van der Waals surface area contributed by atoms with E-state index in [4.69, 9.17) is 10.3 Å². The van der Waals surface area contributed by atoms with E-state index in [-0.39, 0.29) is 23.2 Å². The first-order valence-electron chi connectivity index (χ1n) is 5.89. The third kappa shape index (κ3) is 2.64. The molecule has 4 nitrogen and oxygen atoms in total. The molecule has 0 radical (unpaired) electrons. The summed E-state index contributed by atoms with van der Waals surface area (Å²) in [7, 11) is 0. The van der Waals surface area contributed by atoms with E-state index in [9.17, 15) is 8.78 Å². The maximum absolute atomic E-state index is 13.4. The molecular weight excluding hydrogens is 344 g/mol. The maximum atomic E-state index is 13.4. The molecule has 0 aliphatic rings. The summed E-state index contributed by atoms with van der Waals surface area (Å²) in [6, 6.07) is 8.33. The van der Waals surface area contributed by atoms with Crippen molar-refractivity contribution in [2.75, 3.05) is 5.73 Å². The zero-order valence-corrected chi connectivity index (χ0v) is 12.1. The molecule has 2 aromatic carbocycles. The van der Waals surface area contributed by atoms with Gasteiger partial charge in [-0.3, -0.25) is 0 Å². The predicted molar refractivity (Wildman–Crippen MR) is 77.2 cm³/mol. The van der Waals surface area contributed by atoms with Crippen molar-refractivity contribution in [1.82, 2.24) is 10.1 Å². The molecule has 1 heterocycles. The molecule has 0 atom stereocenters. The van der Waals surface area contributed by atoms with Gasteiger partial charge in [-0.15, -0.1) is 0 Å². The van der Waals surface area contributed by atoms with Crippen molar-refractivity contribution in [3.63, 3.8) is 0 Å². The minimum absolute atomic E-state index is 0.0415. The lowest BCUT2D eigenvalue weighted by atomic mass is 10.2. The van der Waals surface area contributed by atoms with Gasteiger partial charge in [-0.1, -0.05) is 5.16 Å². The topological polar surface area (TPSA) is 64.9 Å².